The molecule has 0 fully saturated rings. The lowest BCUT2D eigenvalue weighted by Crippen LogP contribution is -2.36. The zero-order chi connectivity index (χ0) is 27.1. The van der Waals surface area contributed by atoms with Crippen molar-refractivity contribution in [2.24, 2.45) is 5.92 Å². The second-order valence-corrected chi connectivity index (χ2v) is 12.3. The SMILES string of the molecule is Cc1ccc(S(=O)(=O)Oc2ccc(CC(CNC(=O)OC(C)(C)C)CC(=O)OC(C)(C)C)cc2)cc1. The number of hydrogen-bond acceptors (Lipinski definition) is 7. The van der Waals surface area contributed by atoms with Crippen molar-refractivity contribution in [3.8, 4) is 5.75 Å². The van der Waals surface area contributed by atoms with Crippen LogP contribution in [0.3, 0.4) is 0 Å². The molecule has 0 heterocycles. The molecule has 0 bridgehead atoms. The maximum atomic E-state index is 12.5. The molecule has 1 N–H and O–H groups in total. The molecule has 0 aliphatic rings. The molecule has 2 rings (SSSR count). The molecule has 2 aromatic rings. The molecule has 8 nitrogen and oxygen atoms in total. The van der Waals surface area contributed by atoms with E-state index < -0.39 is 27.4 Å². The van der Waals surface area contributed by atoms with Gasteiger partial charge in [0.05, 0.1) is 6.42 Å². The van der Waals surface area contributed by atoms with Crippen LogP contribution in [0, 0.1) is 12.8 Å². The van der Waals surface area contributed by atoms with Crippen LogP contribution in [0.1, 0.15) is 59.1 Å². The Morgan fingerprint density at radius 3 is 1.94 bits per heavy atom. The Morgan fingerprint density at radius 1 is 0.861 bits per heavy atom. The molecule has 1 amide bonds. The highest BCUT2D eigenvalue weighted by Crippen LogP contribution is 2.22. The van der Waals surface area contributed by atoms with Gasteiger partial charge in [-0.05, 0) is 90.6 Å². The van der Waals surface area contributed by atoms with Crippen LogP contribution in [0.4, 0.5) is 4.79 Å². The summed E-state index contributed by atoms with van der Waals surface area (Å²) in [6.07, 6.45) is -0.0329. The predicted molar refractivity (Wildman–Crippen MR) is 137 cm³/mol. The van der Waals surface area contributed by atoms with E-state index in [9.17, 15) is 18.0 Å². The summed E-state index contributed by atoms with van der Waals surface area (Å²) < 4.78 is 41.1. The molecular formula is C27H37NO7S. The third kappa shape index (κ3) is 10.7. The molecule has 0 aliphatic heterocycles. The first-order chi connectivity index (χ1) is 16.5. The van der Waals surface area contributed by atoms with Gasteiger partial charge in [0.15, 0.2) is 0 Å². The molecule has 9 heteroatoms. The molecule has 1 unspecified atom stereocenters. The lowest BCUT2D eigenvalue weighted by molar-refractivity contribution is -0.155. The number of amides is 1. The van der Waals surface area contributed by atoms with E-state index in [4.69, 9.17) is 13.7 Å². The zero-order valence-electron chi connectivity index (χ0n) is 22.1. The Morgan fingerprint density at radius 2 is 1.42 bits per heavy atom. The molecule has 0 aromatic heterocycles. The van der Waals surface area contributed by atoms with E-state index in [1.54, 1.807) is 77.9 Å². The van der Waals surface area contributed by atoms with Crippen molar-refractivity contribution >= 4 is 22.2 Å². The van der Waals surface area contributed by atoms with Crippen LogP contribution in [0.5, 0.6) is 5.75 Å². The number of aryl methyl sites for hydroxylation is 1. The number of esters is 1. The van der Waals surface area contributed by atoms with Crippen LogP contribution in [-0.2, 0) is 30.8 Å². The summed E-state index contributed by atoms with van der Waals surface area (Å²) in [7, 11) is -3.96. The van der Waals surface area contributed by atoms with E-state index in [0.717, 1.165) is 11.1 Å². The van der Waals surface area contributed by atoms with Gasteiger partial charge in [0.25, 0.3) is 0 Å². The molecular weight excluding hydrogens is 482 g/mol. The standard InChI is InChI=1S/C27H37NO7S/c1-19-8-14-23(15-9-19)36(31,32)35-22-12-10-20(11-13-22)16-21(17-24(29)33-26(2,3)4)18-28-25(30)34-27(5,6)7/h8-15,21H,16-18H2,1-7H3,(H,28,30). The molecule has 0 saturated heterocycles. The first kappa shape index (κ1) is 29.2. The number of hydrogen-bond donors (Lipinski definition) is 1. The molecule has 0 aliphatic carbocycles. The third-order valence-electron chi connectivity index (χ3n) is 4.77. The van der Waals surface area contributed by atoms with E-state index in [2.05, 4.69) is 5.32 Å². The van der Waals surface area contributed by atoms with Crippen molar-refractivity contribution in [2.45, 2.75) is 77.4 Å². The highest BCUT2D eigenvalue weighted by atomic mass is 32.2. The van der Waals surface area contributed by atoms with E-state index in [1.807, 2.05) is 6.92 Å². The fourth-order valence-corrected chi connectivity index (χ4v) is 4.20. The summed E-state index contributed by atoms with van der Waals surface area (Å²) in [6, 6.07) is 13.0. The minimum Gasteiger partial charge on any atom is -0.460 e. The number of carbonyl (C=O) groups is 2. The van der Waals surface area contributed by atoms with Gasteiger partial charge in [0.1, 0.15) is 21.8 Å². The second kappa shape index (κ2) is 11.8. The van der Waals surface area contributed by atoms with Gasteiger partial charge in [-0.2, -0.15) is 8.42 Å². The quantitative estimate of drug-likeness (QED) is 0.359. The van der Waals surface area contributed by atoms with Crippen LogP contribution >= 0.6 is 0 Å². The van der Waals surface area contributed by atoms with Crippen LogP contribution in [0.2, 0.25) is 0 Å². The third-order valence-corrected chi connectivity index (χ3v) is 6.03. The maximum absolute atomic E-state index is 12.5. The van der Waals surface area contributed by atoms with Gasteiger partial charge < -0.3 is 19.0 Å². The predicted octanol–water partition coefficient (Wildman–Crippen LogP) is 5.18. The van der Waals surface area contributed by atoms with Gasteiger partial charge in [0, 0.05) is 6.54 Å². The minimum absolute atomic E-state index is 0.0721. The Hall–Kier alpha value is -3.07. The molecule has 36 heavy (non-hydrogen) atoms. The normalized spacial score (nSPS) is 13.0. The number of nitrogens with one attached hydrogen (secondary N) is 1. The molecule has 0 saturated carbocycles. The average molecular weight is 520 g/mol. The van der Waals surface area contributed by atoms with Crippen molar-refractivity contribution in [3.05, 3.63) is 59.7 Å². The lowest BCUT2D eigenvalue weighted by Gasteiger charge is -2.24. The molecule has 198 valence electrons. The monoisotopic (exact) mass is 519 g/mol. The topological polar surface area (TPSA) is 108 Å². The van der Waals surface area contributed by atoms with Crippen LogP contribution < -0.4 is 9.50 Å². The Bertz CT molecular complexity index is 1130. The van der Waals surface area contributed by atoms with Crippen LogP contribution in [0.15, 0.2) is 53.4 Å². The van der Waals surface area contributed by atoms with E-state index in [1.165, 1.54) is 12.1 Å². The van der Waals surface area contributed by atoms with Gasteiger partial charge in [-0.3, -0.25) is 4.79 Å². The van der Waals surface area contributed by atoms with Crippen LogP contribution in [-0.4, -0.2) is 38.2 Å². The summed E-state index contributed by atoms with van der Waals surface area (Å²) in [4.78, 5) is 24.6. The van der Waals surface area contributed by atoms with Gasteiger partial charge in [-0.1, -0.05) is 29.8 Å². The van der Waals surface area contributed by atoms with E-state index in [-0.39, 0.29) is 35.5 Å². The zero-order valence-corrected chi connectivity index (χ0v) is 22.9. The van der Waals surface area contributed by atoms with Gasteiger partial charge >= 0.3 is 22.2 Å². The summed E-state index contributed by atoms with van der Waals surface area (Å²) in [5.41, 5.74) is 0.525. The highest BCUT2D eigenvalue weighted by Gasteiger charge is 2.23. The second-order valence-electron chi connectivity index (χ2n) is 10.7. The Labute approximate surface area is 214 Å². The van der Waals surface area contributed by atoms with E-state index in [0.29, 0.717) is 6.42 Å². The maximum Gasteiger partial charge on any atom is 0.407 e. The summed E-state index contributed by atoms with van der Waals surface area (Å²) in [5.74, 6) is -0.465. The Balaban J connectivity index is 2.09. The molecule has 1 atom stereocenters. The minimum atomic E-state index is -3.96. The smallest absolute Gasteiger partial charge is 0.407 e. The highest BCUT2D eigenvalue weighted by molar-refractivity contribution is 7.87. The van der Waals surface area contributed by atoms with Crippen molar-refractivity contribution in [1.29, 1.82) is 0 Å². The number of alkyl carbamates (subject to hydrolysis) is 1. The lowest BCUT2D eigenvalue weighted by atomic mass is 9.96. The number of carbonyl (C=O) groups excluding carboxylic acids is 2. The fraction of sp³-hybridized carbons (Fsp3) is 0.481. The number of ether oxygens (including phenoxy) is 2. The van der Waals surface area contributed by atoms with Crippen LogP contribution in [0.25, 0.3) is 0 Å². The van der Waals surface area contributed by atoms with E-state index >= 15 is 0 Å². The van der Waals surface area contributed by atoms with Crippen molar-refractivity contribution in [3.63, 3.8) is 0 Å². The summed E-state index contributed by atoms with van der Waals surface area (Å²) >= 11 is 0. The van der Waals surface area contributed by atoms with Gasteiger partial charge in [0.2, 0.25) is 0 Å². The number of benzene rings is 2. The largest absolute Gasteiger partial charge is 0.460 e. The average Bonchev–Trinajstić information content (AvgIpc) is 2.71. The van der Waals surface area contributed by atoms with Gasteiger partial charge in [-0.25, -0.2) is 4.79 Å². The first-order valence-corrected chi connectivity index (χ1v) is 13.2. The summed E-state index contributed by atoms with van der Waals surface area (Å²) in [5, 5.41) is 2.72. The molecule has 2 aromatic carbocycles. The van der Waals surface area contributed by atoms with Crippen molar-refractivity contribution in [2.75, 3.05) is 6.54 Å². The van der Waals surface area contributed by atoms with Gasteiger partial charge in [-0.15, -0.1) is 0 Å². The summed E-state index contributed by atoms with van der Waals surface area (Å²) in [6.45, 7) is 12.8. The number of rotatable bonds is 9. The molecule has 0 radical (unpaired) electrons. The Kier molecular flexibility index (Phi) is 9.54. The van der Waals surface area contributed by atoms with Crippen molar-refractivity contribution in [1.82, 2.24) is 5.32 Å². The fourth-order valence-electron chi connectivity index (χ4n) is 3.27. The first-order valence-electron chi connectivity index (χ1n) is 11.8. The molecule has 0 spiro atoms. The van der Waals surface area contributed by atoms with Crippen molar-refractivity contribution < 1.29 is 31.7 Å².